The molecule has 4 nitrogen and oxygen atoms in total. The Morgan fingerprint density at radius 1 is 1.37 bits per heavy atom. The Kier molecular flexibility index (Phi) is 3.66. The smallest absolute Gasteiger partial charge is 0.335 e. The molecule has 1 aromatic carbocycles. The molecule has 0 aliphatic heterocycles. The molecule has 1 aromatic rings. The Bertz CT molecular complexity index is 484. The third-order valence-corrected chi connectivity index (χ3v) is 2.79. The molecule has 1 aliphatic carbocycles. The average Bonchev–Trinajstić information content (AvgIpc) is 3.12. The molecule has 1 aliphatic rings. The van der Waals surface area contributed by atoms with E-state index in [4.69, 9.17) is 5.73 Å². The second-order valence-corrected chi connectivity index (χ2v) is 4.45. The van der Waals surface area contributed by atoms with E-state index in [1.165, 1.54) is 12.1 Å². The number of halogens is 3. The zero-order valence-corrected chi connectivity index (χ0v) is 10.1. The molecule has 19 heavy (non-hydrogen) atoms. The van der Waals surface area contributed by atoms with E-state index in [0.717, 1.165) is 18.9 Å². The predicted octanol–water partition coefficient (Wildman–Crippen LogP) is 2.45. The van der Waals surface area contributed by atoms with E-state index in [9.17, 15) is 18.0 Å². The zero-order chi connectivity index (χ0) is 14.0. The lowest BCUT2D eigenvalue weighted by Gasteiger charge is -2.15. The minimum atomic E-state index is -4.53. The van der Waals surface area contributed by atoms with Crippen molar-refractivity contribution in [2.75, 3.05) is 5.32 Å². The Morgan fingerprint density at radius 2 is 2.05 bits per heavy atom. The number of alkyl halides is 3. The zero-order valence-electron chi connectivity index (χ0n) is 10.1. The van der Waals surface area contributed by atoms with Crippen molar-refractivity contribution >= 4 is 11.7 Å². The minimum Gasteiger partial charge on any atom is -0.335 e. The van der Waals surface area contributed by atoms with Gasteiger partial charge in [-0.2, -0.15) is 13.2 Å². The molecule has 0 unspecified atom stereocenters. The van der Waals surface area contributed by atoms with Gasteiger partial charge in [0.05, 0.1) is 11.3 Å². The molecule has 2 amide bonds. The highest BCUT2D eigenvalue weighted by molar-refractivity contribution is 5.90. The van der Waals surface area contributed by atoms with Crippen LogP contribution in [0, 0.1) is 0 Å². The van der Waals surface area contributed by atoms with Gasteiger partial charge in [0.15, 0.2) is 0 Å². The Hall–Kier alpha value is -1.76. The van der Waals surface area contributed by atoms with Crippen LogP contribution >= 0.6 is 0 Å². The Morgan fingerprint density at radius 3 is 2.58 bits per heavy atom. The second-order valence-electron chi connectivity index (χ2n) is 4.45. The number of nitrogens with two attached hydrogens (primary N) is 1. The van der Waals surface area contributed by atoms with E-state index < -0.39 is 17.8 Å². The molecular formula is C12H14F3N3O. The lowest BCUT2D eigenvalue weighted by atomic mass is 10.1. The number of urea groups is 1. The number of amides is 2. The molecule has 0 saturated heterocycles. The van der Waals surface area contributed by atoms with Crippen LogP contribution in [0.25, 0.3) is 0 Å². The van der Waals surface area contributed by atoms with Gasteiger partial charge in [0, 0.05) is 12.6 Å². The van der Waals surface area contributed by atoms with Gasteiger partial charge in [0.2, 0.25) is 0 Å². The molecule has 0 bridgehead atoms. The van der Waals surface area contributed by atoms with Crippen molar-refractivity contribution < 1.29 is 18.0 Å². The Labute approximate surface area is 108 Å². The molecule has 1 fully saturated rings. The number of carbonyl (C=O) groups is 1. The van der Waals surface area contributed by atoms with Gasteiger partial charge in [-0.15, -0.1) is 0 Å². The topological polar surface area (TPSA) is 67.1 Å². The highest BCUT2D eigenvalue weighted by Gasteiger charge is 2.34. The molecule has 7 heteroatoms. The molecular weight excluding hydrogens is 259 g/mol. The van der Waals surface area contributed by atoms with Crippen LogP contribution in [0.2, 0.25) is 0 Å². The largest absolute Gasteiger partial charge is 0.418 e. The maximum absolute atomic E-state index is 12.9. The standard InChI is InChI=1S/C12H14F3N3O/c13-12(14,15)9-5-7(6-16)1-4-10(9)18-11(19)17-8-2-3-8/h1,4-5,8H,2-3,6,16H2,(H2,17,18,19). The van der Waals surface area contributed by atoms with E-state index in [2.05, 4.69) is 10.6 Å². The molecule has 0 heterocycles. The molecule has 104 valence electrons. The van der Waals surface area contributed by atoms with Crippen LogP contribution in [0.5, 0.6) is 0 Å². The summed E-state index contributed by atoms with van der Waals surface area (Å²) < 4.78 is 38.6. The van der Waals surface area contributed by atoms with Crippen molar-refractivity contribution in [3.8, 4) is 0 Å². The fourth-order valence-electron chi connectivity index (χ4n) is 1.63. The summed E-state index contributed by atoms with van der Waals surface area (Å²) in [5.41, 5.74) is 4.53. The van der Waals surface area contributed by atoms with Crippen molar-refractivity contribution in [1.82, 2.24) is 5.32 Å². The van der Waals surface area contributed by atoms with Crippen LogP contribution < -0.4 is 16.4 Å². The quantitative estimate of drug-likeness (QED) is 0.792. The monoisotopic (exact) mass is 273 g/mol. The number of nitrogens with one attached hydrogen (secondary N) is 2. The van der Waals surface area contributed by atoms with Crippen LogP contribution in [0.3, 0.4) is 0 Å². The van der Waals surface area contributed by atoms with E-state index in [0.29, 0.717) is 5.56 Å². The van der Waals surface area contributed by atoms with Crippen LogP contribution in [0.4, 0.5) is 23.7 Å². The number of rotatable bonds is 3. The lowest BCUT2D eigenvalue weighted by Crippen LogP contribution is -2.31. The minimum absolute atomic E-state index is 0.0115. The van der Waals surface area contributed by atoms with Gasteiger partial charge in [-0.3, -0.25) is 0 Å². The summed E-state index contributed by atoms with van der Waals surface area (Å²) in [5.74, 6) is 0. The van der Waals surface area contributed by atoms with E-state index in [1.54, 1.807) is 0 Å². The molecule has 0 spiro atoms. The van der Waals surface area contributed by atoms with E-state index in [-0.39, 0.29) is 18.3 Å². The first-order valence-corrected chi connectivity index (χ1v) is 5.88. The van der Waals surface area contributed by atoms with Crippen molar-refractivity contribution in [2.24, 2.45) is 5.73 Å². The number of carbonyl (C=O) groups excluding carboxylic acids is 1. The first-order chi connectivity index (χ1) is 8.90. The van der Waals surface area contributed by atoms with E-state index >= 15 is 0 Å². The van der Waals surface area contributed by atoms with Crippen LogP contribution in [0.15, 0.2) is 18.2 Å². The number of anilines is 1. The summed E-state index contributed by atoms with van der Waals surface area (Å²) in [6.07, 6.45) is -2.80. The summed E-state index contributed by atoms with van der Waals surface area (Å²) >= 11 is 0. The molecule has 1 saturated carbocycles. The number of hydrogen-bond acceptors (Lipinski definition) is 2. The highest BCUT2D eigenvalue weighted by Crippen LogP contribution is 2.35. The second kappa shape index (κ2) is 5.08. The third kappa shape index (κ3) is 3.60. The van der Waals surface area contributed by atoms with Crippen LogP contribution in [-0.4, -0.2) is 12.1 Å². The van der Waals surface area contributed by atoms with Crippen molar-refractivity contribution in [3.63, 3.8) is 0 Å². The van der Waals surface area contributed by atoms with Gasteiger partial charge >= 0.3 is 12.2 Å². The van der Waals surface area contributed by atoms with Gasteiger partial charge in [0.25, 0.3) is 0 Å². The summed E-state index contributed by atoms with van der Waals surface area (Å²) in [5, 5.41) is 4.80. The maximum Gasteiger partial charge on any atom is 0.418 e. The average molecular weight is 273 g/mol. The predicted molar refractivity (Wildman–Crippen MR) is 64.5 cm³/mol. The fourth-order valence-corrected chi connectivity index (χ4v) is 1.63. The maximum atomic E-state index is 12.9. The SMILES string of the molecule is NCc1ccc(NC(=O)NC2CC2)c(C(F)(F)F)c1. The van der Waals surface area contributed by atoms with Gasteiger partial charge in [-0.25, -0.2) is 4.79 Å². The lowest BCUT2D eigenvalue weighted by molar-refractivity contribution is -0.137. The first kappa shape index (κ1) is 13.7. The number of hydrogen-bond donors (Lipinski definition) is 3. The molecule has 4 N–H and O–H groups in total. The summed E-state index contributed by atoms with van der Waals surface area (Å²) in [4.78, 5) is 11.5. The molecule has 0 radical (unpaired) electrons. The summed E-state index contributed by atoms with van der Waals surface area (Å²) in [7, 11) is 0. The molecule has 2 rings (SSSR count). The normalized spacial score (nSPS) is 15.2. The van der Waals surface area contributed by atoms with Crippen molar-refractivity contribution in [3.05, 3.63) is 29.3 Å². The Balaban J connectivity index is 2.20. The first-order valence-electron chi connectivity index (χ1n) is 5.88. The molecule has 0 atom stereocenters. The van der Waals surface area contributed by atoms with E-state index in [1.807, 2.05) is 0 Å². The number of benzene rings is 1. The third-order valence-electron chi connectivity index (χ3n) is 2.79. The van der Waals surface area contributed by atoms with Gasteiger partial charge < -0.3 is 16.4 Å². The fraction of sp³-hybridized carbons (Fsp3) is 0.417. The van der Waals surface area contributed by atoms with Crippen LogP contribution in [0.1, 0.15) is 24.0 Å². The highest BCUT2D eigenvalue weighted by atomic mass is 19.4. The van der Waals surface area contributed by atoms with Gasteiger partial charge in [0.1, 0.15) is 0 Å². The summed E-state index contributed by atoms with van der Waals surface area (Å²) in [6, 6.07) is 3.10. The van der Waals surface area contributed by atoms with Gasteiger partial charge in [-0.1, -0.05) is 6.07 Å². The summed E-state index contributed by atoms with van der Waals surface area (Å²) in [6.45, 7) is 0.0115. The molecule has 0 aromatic heterocycles. The van der Waals surface area contributed by atoms with Crippen molar-refractivity contribution in [2.45, 2.75) is 31.6 Å². The van der Waals surface area contributed by atoms with Crippen molar-refractivity contribution in [1.29, 1.82) is 0 Å². The van der Waals surface area contributed by atoms with Gasteiger partial charge in [-0.05, 0) is 30.5 Å². The van der Waals surface area contributed by atoms with Crippen LogP contribution in [-0.2, 0) is 12.7 Å².